The highest BCUT2D eigenvalue weighted by Gasteiger charge is 2.18. The van der Waals surface area contributed by atoms with Crippen molar-refractivity contribution in [2.24, 2.45) is 0 Å². The fraction of sp³-hybridized carbons (Fsp3) is 0.571. The monoisotopic (exact) mass is 137 g/mol. The predicted octanol–water partition coefficient (Wildman–Crippen LogP) is 0.972. The molecule has 0 amide bonds. The SMILES string of the molecule is CC1CCc2nc(N)cn21. The number of nitrogens with zero attached hydrogens (tertiary/aromatic N) is 2. The summed E-state index contributed by atoms with van der Waals surface area (Å²) in [5, 5.41) is 0. The van der Waals surface area contributed by atoms with Crippen LogP contribution in [-0.2, 0) is 6.42 Å². The Morgan fingerprint density at radius 2 is 2.60 bits per heavy atom. The van der Waals surface area contributed by atoms with Gasteiger partial charge in [0.2, 0.25) is 0 Å². The summed E-state index contributed by atoms with van der Waals surface area (Å²) >= 11 is 0. The summed E-state index contributed by atoms with van der Waals surface area (Å²) in [6, 6.07) is 0.597. The number of imidazole rings is 1. The van der Waals surface area contributed by atoms with E-state index in [0.717, 1.165) is 12.2 Å². The standard InChI is InChI=1S/C7H11N3/c1-5-2-3-7-9-6(8)4-10(5)7/h4-5H,2-3,8H2,1H3. The molecule has 2 rings (SSSR count). The molecule has 1 atom stereocenters. The van der Waals surface area contributed by atoms with Crippen molar-refractivity contribution in [3.8, 4) is 0 Å². The maximum atomic E-state index is 5.52. The first-order chi connectivity index (χ1) is 4.77. The molecule has 0 spiro atoms. The molecule has 1 aliphatic rings. The van der Waals surface area contributed by atoms with E-state index < -0.39 is 0 Å². The van der Waals surface area contributed by atoms with Crippen LogP contribution in [-0.4, -0.2) is 9.55 Å². The Morgan fingerprint density at radius 1 is 1.80 bits per heavy atom. The third-order valence-electron chi connectivity index (χ3n) is 2.09. The van der Waals surface area contributed by atoms with Crippen LogP contribution >= 0.6 is 0 Å². The van der Waals surface area contributed by atoms with E-state index in [1.165, 1.54) is 6.42 Å². The third-order valence-corrected chi connectivity index (χ3v) is 2.09. The minimum Gasteiger partial charge on any atom is -0.382 e. The lowest BCUT2D eigenvalue weighted by Crippen LogP contribution is -1.95. The van der Waals surface area contributed by atoms with Crippen LogP contribution in [0, 0.1) is 0 Å². The van der Waals surface area contributed by atoms with Crippen LogP contribution in [0.4, 0.5) is 5.82 Å². The molecule has 0 aliphatic carbocycles. The summed E-state index contributed by atoms with van der Waals surface area (Å²) in [7, 11) is 0. The highest BCUT2D eigenvalue weighted by molar-refractivity contribution is 5.27. The normalized spacial score (nSPS) is 23.1. The lowest BCUT2D eigenvalue weighted by molar-refractivity contribution is 0.581. The number of nitrogen functional groups attached to an aromatic ring is 1. The van der Waals surface area contributed by atoms with Gasteiger partial charge < -0.3 is 10.3 Å². The van der Waals surface area contributed by atoms with E-state index in [0.29, 0.717) is 11.9 Å². The van der Waals surface area contributed by atoms with Crippen molar-refractivity contribution < 1.29 is 0 Å². The highest BCUT2D eigenvalue weighted by atomic mass is 15.1. The molecule has 1 unspecified atom stereocenters. The summed E-state index contributed by atoms with van der Waals surface area (Å²) in [5.74, 6) is 1.80. The van der Waals surface area contributed by atoms with Gasteiger partial charge in [0.15, 0.2) is 0 Å². The van der Waals surface area contributed by atoms with Gasteiger partial charge in [0, 0.05) is 18.7 Å². The van der Waals surface area contributed by atoms with Gasteiger partial charge in [-0.15, -0.1) is 0 Å². The van der Waals surface area contributed by atoms with E-state index in [4.69, 9.17) is 5.73 Å². The Morgan fingerprint density at radius 3 is 3.30 bits per heavy atom. The third kappa shape index (κ3) is 0.632. The molecule has 2 heterocycles. The maximum absolute atomic E-state index is 5.52. The highest BCUT2D eigenvalue weighted by Crippen LogP contribution is 2.25. The number of hydrogen-bond donors (Lipinski definition) is 1. The zero-order valence-electron chi connectivity index (χ0n) is 6.04. The first kappa shape index (κ1) is 5.77. The molecule has 1 aliphatic heterocycles. The Hall–Kier alpha value is -0.990. The van der Waals surface area contributed by atoms with Gasteiger partial charge in [0.05, 0.1) is 0 Å². The molecule has 1 aromatic rings. The zero-order chi connectivity index (χ0) is 7.14. The second-order valence-electron chi connectivity index (χ2n) is 2.88. The van der Waals surface area contributed by atoms with Crippen molar-refractivity contribution in [3.05, 3.63) is 12.0 Å². The molecule has 3 heteroatoms. The molecular weight excluding hydrogens is 126 g/mol. The van der Waals surface area contributed by atoms with E-state index in [2.05, 4.69) is 16.5 Å². The fourth-order valence-corrected chi connectivity index (χ4v) is 1.50. The van der Waals surface area contributed by atoms with Crippen LogP contribution in [0.3, 0.4) is 0 Å². The Kier molecular flexibility index (Phi) is 1.01. The lowest BCUT2D eigenvalue weighted by atomic mass is 10.2. The predicted molar refractivity (Wildman–Crippen MR) is 39.7 cm³/mol. The van der Waals surface area contributed by atoms with Gasteiger partial charge in [-0.1, -0.05) is 0 Å². The van der Waals surface area contributed by atoms with Gasteiger partial charge in [-0.25, -0.2) is 4.98 Å². The van der Waals surface area contributed by atoms with E-state index in [-0.39, 0.29) is 0 Å². The van der Waals surface area contributed by atoms with E-state index in [1.807, 2.05) is 6.20 Å². The quantitative estimate of drug-likeness (QED) is 0.579. The van der Waals surface area contributed by atoms with Gasteiger partial charge in [-0.3, -0.25) is 0 Å². The minimum absolute atomic E-state index is 0.597. The average molecular weight is 137 g/mol. The average Bonchev–Trinajstić information content (AvgIpc) is 2.35. The Bertz CT molecular complexity index is 251. The smallest absolute Gasteiger partial charge is 0.141 e. The number of anilines is 1. The minimum atomic E-state index is 0.597. The summed E-state index contributed by atoms with van der Waals surface area (Å²) < 4.78 is 2.16. The molecule has 0 saturated heterocycles. The number of aryl methyl sites for hydroxylation is 1. The first-order valence-electron chi connectivity index (χ1n) is 3.60. The Labute approximate surface area is 59.9 Å². The van der Waals surface area contributed by atoms with Crippen molar-refractivity contribution in [2.75, 3.05) is 5.73 Å². The summed E-state index contributed by atoms with van der Waals surface area (Å²) in [5.41, 5.74) is 5.52. The first-order valence-corrected chi connectivity index (χ1v) is 3.60. The molecule has 54 valence electrons. The summed E-state index contributed by atoms with van der Waals surface area (Å²) in [4.78, 5) is 4.18. The number of hydrogen-bond acceptors (Lipinski definition) is 2. The topological polar surface area (TPSA) is 43.8 Å². The molecular formula is C7H11N3. The maximum Gasteiger partial charge on any atom is 0.141 e. The van der Waals surface area contributed by atoms with Gasteiger partial charge in [-0.05, 0) is 13.3 Å². The van der Waals surface area contributed by atoms with Crippen LogP contribution in [0.1, 0.15) is 25.2 Å². The van der Waals surface area contributed by atoms with Crippen molar-refractivity contribution in [3.63, 3.8) is 0 Å². The van der Waals surface area contributed by atoms with Crippen molar-refractivity contribution in [1.82, 2.24) is 9.55 Å². The van der Waals surface area contributed by atoms with Gasteiger partial charge in [0.1, 0.15) is 11.6 Å². The summed E-state index contributed by atoms with van der Waals surface area (Å²) in [6.45, 7) is 2.19. The van der Waals surface area contributed by atoms with Crippen LogP contribution in [0.5, 0.6) is 0 Å². The summed E-state index contributed by atoms with van der Waals surface area (Å²) in [6.07, 6.45) is 4.22. The second kappa shape index (κ2) is 1.75. The van der Waals surface area contributed by atoms with Gasteiger partial charge in [0.25, 0.3) is 0 Å². The van der Waals surface area contributed by atoms with Crippen LogP contribution < -0.4 is 5.73 Å². The number of nitrogens with two attached hydrogens (primary N) is 1. The number of fused-ring (bicyclic) bond motifs is 1. The Balaban J connectivity index is 2.49. The van der Waals surface area contributed by atoms with E-state index in [1.54, 1.807) is 0 Å². The number of rotatable bonds is 0. The molecule has 2 N–H and O–H groups in total. The molecule has 0 fully saturated rings. The molecule has 0 bridgehead atoms. The van der Waals surface area contributed by atoms with Gasteiger partial charge >= 0.3 is 0 Å². The van der Waals surface area contributed by atoms with Crippen LogP contribution in [0.15, 0.2) is 6.20 Å². The van der Waals surface area contributed by atoms with E-state index >= 15 is 0 Å². The van der Waals surface area contributed by atoms with Crippen molar-refractivity contribution in [1.29, 1.82) is 0 Å². The molecule has 10 heavy (non-hydrogen) atoms. The molecule has 0 saturated carbocycles. The van der Waals surface area contributed by atoms with E-state index in [9.17, 15) is 0 Å². The van der Waals surface area contributed by atoms with Crippen LogP contribution in [0.2, 0.25) is 0 Å². The van der Waals surface area contributed by atoms with Crippen LogP contribution in [0.25, 0.3) is 0 Å². The zero-order valence-corrected chi connectivity index (χ0v) is 6.04. The lowest BCUT2D eigenvalue weighted by Gasteiger charge is -2.02. The fourth-order valence-electron chi connectivity index (χ4n) is 1.50. The van der Waals surface area contributed by atoms with Gasteiger partial charge in [-0.2, -0.15) is 0 Å². The van der Waals surface area contributed by atoms with Crippen molar-refractivity contribution in [2.45, 2.75) is 25.8 Å². The largest absolute Gasteiger partial charge is 0.382 e. The molecule has 3 nitrogen and oxygen atoms in total. The second-order valence-corrected chi connectivity index (χ2v) is 2.88. The van der Waals surface area contributed by atoms with Crippen molar-refractivity contribution >= 4 is 5.82 Å². The molecule has 0 aromatic carbocycles. The molecule has 1 aromatic heterocycles. The number of aromatic nitrogens is 2. The molecule has 0 radical (unpaired) electrons.